The Morgan fingerprint density at radius 3 is 2.58 bits per heavy atom. The molecule has 7 nitrogen and oxygen atoms in total. The van der Waals surface area contributed by atoms with Gasteiger partial charge in [-0.25, -0.2) is 4.98 Å². The second-order valence-corrected chi connectivity index (χ2v) is 8.04. The second kappa shape index (κ2) is 12.0. The smallest absolute Gasteiger partial charge is 0.305 e. The van der Waals surface area contributed by atoms with Gasteiger partial charge in [0, 0.05) is 16.9 Å². The van der Waals surface area contributed by atoms with Crippen LogP contribution in [0.5, 0.6) is 0 Å². The number of aryl methyl sites for hydroxylation is 1. The van der Waals surface area contributed by atoms with Crippen LogP contribution >= 0.6 is 15.9 Å². The summed E-state index contributed by atoms with van der Waals surface area (Å²) in [5.74, 6) is -0.357. The van der Waals surface area contributed by atoms with Crippen LogP contribution in [-0.2, 0) is 27.3 Å². The summed E-state index contributed by atoms with van der Waals surface area (Å²) in [5, 5.41) is 3.27. The number of hydrogen-bond donors (Lipinski definition) is 1. The van der Waals surface area contributed by atoms with Gasteiger partial charge in [0.25, 0.3) is 5.56 Å². The highest BCUT2D eigenvalue weighted by atomic mass is 79.9. The zero-order valence-electron chi connectivity index (χ0n) is 17.8. The Bertz CT molecular complexity index is 1100. The van der Waals surface area contributed by atoms with E-state index in [0.29, 0.717) is 17.3 Å². The zero-order valence-corrected chi connectivity index (χ0v) is 19.4. The number of methoxy groups -OCH3 is 1. The van der Waals surface area contributed by atoms with Gasteiger partial charge in [-0.1, -0.05) is 40.2 Å². The van der Waals surface area contributed by atoms with E-state index in [2.05, 4.69) is 31.0 Å². The van der Waals surface area contributed by atoms with E-state index in [1.807, 2.05) is 44.2 Å². The Labute approximate surface area is 189 Å². The van der Waals surface area contributed by atoms with Gasteiger partial charge in [0.1, 0.15) is 6.54 Å². The largest absolute Gasteiger partial charge is 0.469 e. The number of fused-ring (bicyclic) bond motifs is 1. The van der Waals surface area contributed by atoms with Gasteiger partial charge >= 0.3 is 5.97 Å². The Balaban J connectivity index is 0.000000233. The number of nitrogens with one attached hydrogen (secondary N) is 1. The quantitative estimate of drug-likeness (QED) is 0.537. The number of ether oxygens (including phenoxy) is 1. The number of aromatic nitrogens is 2. The van der Waals surface area contributed by atoms with E-state index in [1.165, 1.54) is 18.0 Å². The summed E-state index contributed by atoms with van der Waals surface area (Å²) in [6, 6.07) is 15.1. The SMILES string of the molecule is CC(C)NC(=O)Cn1cnc2ccccc2c1=O.COC(=O)CCc1cccc(Br)c1. The van der Waals surface area contributed by atoms with Crippen molar-refractivity contribution in [3.05, 3.63) is 75.2 Å². The van der Waals surface area contributed by atoms with Gasteiger partial charge in [-0.05, 0) is 50.1 Å². The molecule has 0 aliphatic heterocycles. The second-order valence-electron chi connectivity index (χ2n) is 7.12. The molecule has 3 rings (SSSR count). The first kappa shape index (κ1) is 24.3. The van der Waals surface area contributed by atoms with Crippen molar-refractivity contribution in [1.29, 1.82) is 0 Å². The van der Waals surface area contributed by atoms with Gasteiger partial charge < -0.3 is 10.1 Å². The molecule has 8 heteroatoms. The van der Waals surface area contributed by atoms with Gasteiger partial charge in [-0.3, -0.25) is 19.0 Å². The number of para-hydroxylation sites is 1. The molecule has 0 aliphatic rings. The highest BCUT2D eigenvalue weighted by molar-refractivity contribution is 9.10. The molecule has 31 heavy (non-hydrogen) atoms. The molecule has 3 aromatic rings. The molecule has 0 spiro atoms. The van der Waals surface area contributed by atoms with Crippen molar-refractivity contribution in [2.24, 2.45) is 0 Å². The third-order valence-corrected chi connectivity index (χ3v) is 4.72. The van der Waals surface area contributed by atoms with Crippen molar-refractivity contribution in [3.8, 4) is 0 Å². The predicted octanol–water partition coefficient (Wildman–Crippen LogP) is 3.48. The topological polar surface area (TPSA) is 90.3 Å². The summed E-state index contributed by atoms with van der Waals surface area (Å²) in [4.78, 5) is 38.7. The highest BCUT2D eigenvalue weighted by Gasteiger charge is 2.08. The number of hydrogen-bond acceptors (Lipinski definition) is 5. The summed E-state index contributed by atoms with van der Waals surface area (Å²) in [6.07, 6.45) is 2.57. The van der Waals surface area contributed by atoms with Gasteiger partial charge in [0.2, 0.25) is 5.91 Å². The Morgan fingerprint density at radius 2 is 1.90 bits per heavy atom. The number of esters is 1. The van der Waals surface area contributed by atoms with Crippen LogP contribution in [0.4, 0.5) is 0 Å². The van der Waals surface area contributed by atoms with Gasteiger partial charge in [-0.15, -0.1) is 0 Å². The molecule has 1 aromatic heterocycles. The third-order valence-electron chi connectivity index (χ3n) is 4.23. The summed E-state index contributed by atoms with van der Waals surface area (Å²) in [5.41, 5.74) is 1.59. The number of nitrogens with zero attached hydrogens (tertiary/aromatic N) is 2. The Kier molecular flexibility index (Phi) is 9.40. The lowest BCUT2D eigenvalue weighted by molar-refractivity contribution is -0.140. The third kappa shape index (κ3) is 7.97. The van der Waals surface area contributed by atoms with Crippen LogP contribution in [0.2, 0.25) is 0 Å². The molecule has 0 radical (unpaired) electrons. The Morgan fingerprint density at radius 1 is 1.16 bits per heavy atom. The molecule has 0 atom stereocenters. The molecule has 2 aromatic carbocycles. The first-order chi connectivity index (χ1) is 14.8. The Hall–Kier alpha value is -3.00. The minimum Gasteiger partial charge on any atom is -0.469 e. The van der Waals surface area contributed by atoms with Crippen molar-refractivity contribution in [3.63, 3.8) is 0 Å². The fraction of sp³-hybridized carbons (Fsp3) is 0.304. The first-order valence-corrected chi connectivity index (χ1v) is 10.6. The van der Waals surface area contributed by atoms with Crippen molar-refractivity contribution in [2.75, 3.05) is 7.11 Å². The molecule has 0 aliphatic carbocycles. The van der Waals surface area contributed by atoms with Gasteiger partial charge in [0.05, 0.1) is 24.3 Å². The van der Waals surface area contributed by atoms with Crippen LogP contribution in [-0.4, -0.2) is 34.6 Å². The van der Waals surface area contributed by atoms with Crippen molar-refractivity contribution < 1.29 is 14.3 Å². The summed E-state index contributed by atoms with van der Waals surface area (Å²) >= 11 is 3.37. The fourth-order valence-corrected chi connectivity index (χ4v) is 3.23. The molecule has 1 heterocycles. The lowest BCUT2D eigenvalue weighted by atomic mass is 10.1. The van der Waals surface area contributed by atoms with E-state index in [9.17, 15) is 14.4 Å². The summed E-state index contributed by atoms with van der Waals surface area (Å²) in [7, 11) is 1.41. The number of halogens is 1. The minimum absolute atomic E-state index is 0.00511. The molecule has 0 saturated heterocycles. The monoisotopic (exact) mass is 487 g/mol. The van der Waals surface area contributed by atoms with Crippen molar-refractivity contribution in [2.45, 2.75) is 39.3 Å². The highest BCUT2D eigenvalue weighted by Crippen LogP contribution is 2.13. The summed E-state index contributed by atoms with van der Waals surface area (Å²) < 4.78 is 6.91. The molecule has 0 bridgehead atoms. The van der Waals surface area contributed by atoms with Gasteiger partial charge in [-0.2, -0.15) is 0 Å². The van der Waals surface area contributed by atoms with E-state index in [1.54, 1.807) is 18.2 Å². The number of carbonyl (C=O) groups is 2. The lowest BCUT2D eigenvalue weighted by Crippen LogP contribution is -2.36. The maximum absolute atomic E-state index is 12.1. The molecule has 1 N–H and O–H groups in total. The first-order valence-electron chi connectivity index (χ1n) is 9.85. The van der Waals surface area contributed by atoms with Crippen molar-refractivity contribution >= 4 is 38.7 Å². The molecule has 0 saturated carbocycles. The van der Waals surface area contributed by atoms with Crippen LogP contribution in [0.3, 0.4) is 0 Å². The van der Waals surface area contributed by atoms with Crippen LogP contribution in [0.1, 0.15) is 25.8 Å². The average molecular weight is 488 g/mol. The molecular formula is C23H26BrN3O4. The maximum atomic E-state index is 12.1. The number of rotatable bonds is 6. The number of benzene rings is 2. The number of amides is 1. The molecule has 1 amide bonds. The lowest BCUT2D eigenvalue weighted by Gasteiger charge is -2.09. The normalized spacial score (nSPS) is 10.4. The maximum Gasteiger partial charge on any atom is 0.305 e. The molecule has 0 fully saturated rings. The van der Waals surface area contributed by atoms with E-state index in [-0.39, 0.29) is 30.0 Å². The van der Waals surface area contributed by atoms with E-state index in [0.717, 1.165) is 16.5 Å². The van der Waals surface area contributed by atoms with Crippen LogP contribution < -0.4 is 10.9 Å². The standard InChI is InChI=1S/C13H15N3O2.C10H11BrO2/c1-9(2)15-12(17)7-16-8-14-11-6-4-3-5-10(11)13(16)18;1-13-10(12)6-5-8-3-2-4-9(11)7-8/h3-6,8-9H,7H2,1-2H3,(H,15,17);2-4,7H,5-6H2,1H3. The zero-order chi connectivity index (χ0) is 22.8. The molecule has 164 valence electrons. The number of carbonyl (C=O) groups excluding carboxylic acids is 2. The van der Waals surface area contributed by atoms with E-state index in [4.69, 9.17) is 0 Å². The molecule has 0 unspecified atom stereocenters. The predicted molar refractivity (Wildman–Crippen MR) is 124 cm³/mol. The molecular weight excluding hydrogens is 462 g/mol. The van der Waals surface area contributed by atoms with Gasteiger partial charge in [0.15, 0.2) is 0 Å². The average Bonchev–Trinajstić information content (AvgIpc) is 2.74. The van der Waals surface area contributed by atoms with Crippen LogP contribution in [0.25, 0.3) is 10.9 Å². The summed E-state index contributed by atoms with van der Waals surface area (Å²) in [6.45, 7) is 3.74. The van der Waals surface area contributed by atoms with E-state index >= 15 is 0 Å². The minimum atomic E-state index is -0.195. The van der Waals surface area contributed by atoms with Crippen LogP contribution in [0, 0.1) is 0 Å². The van der Waals surface area contributed by atoms with Crippen LogP contribution in [0.15, 0.2) is 64.1 Å². The fourth-order valence-electron chi connectivity index (χ4n) is 2.78. The van der Waals surface area contributed by atoms with E-state index < -0.39 is 0 Å². The van der Waals surface area contributed by atoms with Crippen molar-refractivity contribution in [1.82, 2.24) is 14.9 Å².